The number of rotatable bonds is 2. The molecule has 2 spiro atoms. The Bertz CT molecular complexity index is 1330. The minimum Gasteiger partial charge on any atom is -0.389 e. The summed E-state index contributed by atoms with van der Waals surface area (Å²) in [7, 11) is 0. The molecule has 8 atom stereocenters. The molecule has 0 radical (unpaired) electrons. The maximum Gasteiger partial charge on any atom is 0.0974 e. The van der Waals surface area contributed by atoms with Gasteiger partial charge in [-0.05, 0) is 103 Å². The highest BCUT2D eigenvalue weighted by atomic mass is 16.5. The molecule has 2 saturated carbocycles. The first-order chi connectivity index (χ1) is 17.9. The number of fused-ring (bicyclic) bond motifs is 2. The van der Waals surface area contributed by atoms with Crippen molar-refractivity contribution in [1.82, 2.24) is 9.88 Å². The molecular weight excluding hydrogens is 460 g/mol. The minimum absolute atomic E-state index is 0.157. The van der Waals surface area contributed by atoms with E-state index >= 15 is 0 Å². The van der Waals surface area contributed by atoms with Crippen molar-refractivity contribution >= 4 is 10.8 Å². The first-order valence-electron chi connectivity index (χ1n) is 14.5. The fourth-order valence-corrected chi connectivity index (χ4v) is 9.66. The van der Waals surface area contributed by atoms with Gasteiger partial charge in [0.25, 0.3) is 0 Å². The highest BCUT2D eigenvalue weighted by molar-refractivity contribution is 5.82. The van der Waals surface area contributed by atoms with Gasteiger partial charge in [-0.3, -0.25) is 9.88 Å². The lowest BCUT2D eigenvalue weighted by molar-refractivity contribution is -0.140. The molecule has 37 heavy (non-hydrogen) atoms. The number of likely N-dealkylation sites (tertiary alicyclic amines) is 1. The lowest BCUT2D eigenvalue weighted by atomic mass is 9.58. The van der Waals surface area contributed by atoms with Crippen molar-refractivity contribution in [2.24, 2.45) is 11.3 Å². The van der Waals surface area contributed by atoms with Crippen molar-refractivity contribution in [2.45, 2.75) is 93.7 Å². The Kier molecular flexibility index (Phi) is 4.80. The van der Waals surface area contributed by atoms with Crippen molar-refractivity contribution in [1.29, 1.82) is 0 Å². The van der Waals surface area contributed by atoms with E-state index in [4.69, 9.17) is 4.74 Å². The molecule has 2 saturated heterocycles. The van der Waals surface area contributed by atoms with Gasteiger partial charge in [-0.15, -0.1) is 0 Å². The summed E-state index contributed by atoms with van der Waals surface area (Å²) < 4.78 is 7.46. The summed E-state index contributed by atoms with van der Waals surface area (Å²) in [5.41, 5.74) is 4.30. The second-order valence-corrected chi connectivity index (χ2v) is 13.2. The van der Waals surface area contributed by atoms with E-state index in [1.165, 1.54) is 40.3 Å². The molecule has 5 heteroatoms. The predicted octanol–water partition coefficient (Wildman–Crippen LogP) is 4.88. The molecule has 194 valence electrons. The SMILES string of the molecule is C[C@]12CC=C3C=C4CC[C@@H](N5C[C@@H](O)[C@@H](O)C5)CC45CC[C@]3(O5)[C@@H]1CC[C@@H]2c1ccc2ccncc2c1. The van der Waals surface area contributed by atoms with Crippen LogP contribution in [0.25, 0.3) is 10.8 Å². The van der Waals surface area contributed by atoms with Gasteiger partial charge in [-0.2, -0.15) is 0 Å². The van der Waals surface area contributed by atoms with Gasteiger partial charge in [0.1, 0.15) is 0 Å². The number of allylic oxidation sites excluding steroid dienone is 1. The lowest BCUT2D eigenvalue weighted by Crippen LogP contribution is -2.55. The zero-order valence-corrected chi connectivity index (χ0v) is 21.8. The second-order valence-electron chi connectivity index (χ2n) is 13.2. The third kappa shape index (κ3) is 3.09. The quantitative estimate of drug-likeness (QED) is 0.618. The van der Waals surface area contributed by atoms with Crippen molar-refractivity contribution in [2.75, 3.05) is 13.1 Å². The topological polar surface area (TPSA) is 65.8 Å². The fourth-order valence-electron chi connectivity index (χ4n) is 9.66. The van der Waals surface area contributed by atoms with Crippen LogP contribution in [-0.4, -0.2) is 62.6 Å². The molecule has 6 aliphatic rings. The van der Waals surface area contributed by atoms with Crippen LogP contribution in [0, 0.1) is 11.3 Å². The van der Waals surface area contributed by atoms with Gasteiger partial charge < -0.3 is 14.9 Å². The van der Waals surface area contributed by atoms with Gasteiger partial charge in [-0.25, -0.2) is 0 Å². The molecular formula is C32H38N2O3. The van der Waals surface area contributed by atoms with Crippen molar-refractivity contribution in [3.05, 3.63) is 65.5 Å². The first-order valence-corrected chi connectivity index (χ1v) is 14.5. The third-order valence-corrected chi connectivity index (χ3v) is 11.5. The molecule has 0 amide bonds. The fraction of sp³-hybridized carbons (Fsp3) is 0.594. The molecule has 1 aromatic heterocycles. The van der Waals surface area contributed by atoms with Gasteiger partial charge in [0.15, 0.2) is 0 Å². The Balaban J connectivity index is 1.12. The summed E-state index contributed by atoms with van der Waals surface area (Å²) in [6.45, 7) is 3.71. The normalized spacial score (nSPS) is 44.8. The molecule has 2 N–H and O–H groups in total. The largest absolute Gasteiger partial charge is 0.389 e. The summed E-state index contributed by atoms with van der Waals surface area (Å²) in [6.07, 6.45) is 16.7. The number of pyridine rings is 1. The molecule has 3 aliphatic carbocycles. The van der Waals surface area contributed by atoms with E-state index in [9.17, 15) is 10.2 Å². The molecule has 8 rings (SSSR count). The Labute approximate surface area is 219 Å². The van der Waals surface area contributed by atoms with Crippen molar-refractivity contribution < 1.29 is 14.9 Å². The monoisotopic (exact) mass is 498 g/mol. The van der Waals surface area contributed by atoms with Gasteiger partial charge in [0, 0.05) is 36.9 Å². The number of ether oxygens (including phenoxy) is 1. The van der Waals surface area contributed by atoms with E-state index in [0.717, 1.165) is 38.5 Å². The summed E-state index contributed by atoms with van der Waals surface area (Å²) in [5.74, 6) is 1.06. The van der Waals surface area contributed by atoms with Gasteiger partial charge in [-0.1, -0.05) is 31.2 Å². The van der Waals surface area contributed by atoms with Gasteiger partial charge >= 0.3 is 0 Å². The average molecular weight is 499 g/mol. The van der Waals surface area contributed by atoms with Crippen molar-refractivity contribution in [3.63, 3.8) is 0 Å². The van der Waals surface area contributed by atoms with Crippen LogP contribution in [0.3, 0.4) is 0 Å². The summed E-state index contributed by atoms with van der Waals surface area (Å²) >= 11 is 0. The zero-order chi connectivity index (χ0) is 25.0. The second kappa shape index (κ2) is 7.75. The smallest absolute Gasteiger partial charge is 0.0974 e. The van der Waals surface area contributed by atoms with E-state index < -0.39 is 12.2 Å². The van der Waals surface area contributed by atoms with Crippen molar-refractivity contribution in [3.8, 4) is 0 Å². The van der Waals surface area contributed by atoms with E-state index in [1.807, 2.05) is 12.4 Å². The van der Waals surface area contributed by atoms with E-state index in [2.05, 4.69) is 53.2 Å². The van der Waals surface area contributed by atoms with Crippen LogP contribution in [0.4, 0.5) is 0 Å². The third-order valence-electron chi connectivity index (χ3n) is 11.5. The first kappa shape index (κ1) is 22.9. The predicted molar refractivity (Wildman–Crippen MR) is 143 cm³/mol. The van der Waals surface area contributed by atoms with Crippen LogP contribution in [-0.2, 0) is 4.74 Å². The number of hydrogen-bond donors (Lipinski definition) is 2. The van der Waals surface area contributed by atoms with Crippen LogP contribution in [0.2, 0.25) is 0 Å². The molecule has 4 heterocycles. The maximum atomic E-state index is 10.2. The number of nitrogens with zero attached hydrogens (tertiary/aromatic N) is 2. The number of hydrogen-bond acceptors (Lipinski definition) is 5. The van der Waals surface area contributed by atoms with Crippen LogP contribution in [0.1, 0.15) is 69.8 Å². The van der Waals surface area contributed by atoms with Crippen LogP contribution in [0.5, 0.6) is 0 Å². The van der Waals surface area contributed by atoms with E-state index in [-0.39, 0.29) is 16.6 Å². The maximum absolute atomic E-state index is 10.2. The van der Waals surface area contributed by atoms with Crippen LogP contribution in [0.15, 0.2) is 60.0 Å². The van der Waals surface area contributed by atoms with E-state index in [0.29, 0.717) is 31.0 Å². The summed E-state index contributed by atoms with van der Waals surface area (Å²) in [6, 6.07) is 9.50. The average Bonchev–Trinajstić information content (AvgIpc) is 3.54. The molecule has 5 nitrogen and oxygen atoms in total. The lowest BCUT2D eigenvalue weighted by Gasteiger charge is -2.55. The Morgan fingerprint density at radius 3 is 2.76 bits per heavy atom. The molecule has 3 aliphatic heterocycles. The zero-order valence-electron chi connectivity index (χ0n) is 21.8. The molecule has 1 unspecified atom stereocenters. The molecule has 4 fully saturated rings. The number of aliphatic hydroxyl groups excluding tert-OH is 2. The Morgan fingerprint density at radius 2 is 1.89 bits per heavy atom. The van der Waals surface area contributed by atoms with Gasteiger partial charge in [0.2, 0.25) is 0 Å². The molecule has 2 aromatic rings. The summed E-state index contributed by atoms with van der Waals surface area (Å²) in [5, 5.41) is 22.9. The minimum atomic E-state index is -0.619. The molecule has 1 aromatic carbocycles. The van der Waals surface area contributed by atoms with Gasteiger partial charge in [0.05, 0.1) is 23.4 Å². The Hall–Kier alpha value is -2.05. The molecule has 2 bridgehead atoms. The number of aliphatic hydroxyl groups is 2. The Morgan fingerprint density at radius 1 is 1.03 bits per heavy atom. The number of β-amino-alcohol motifs (C(OH)–C–C–N with tert-alkyl or cyclic N) is 2. The van der Waals surface area contributed by atoms with E-state index in [1.54, 1.807) is 0 Å². The summed E-state index contributed by atoms with van der Waals surface area (Å²) in [4.78, 5) is 6.70. The van der Waals surface area contributed by atoms with Crippen LogP contribution >= 0.6 is 0 Å². The van der Waals surface area contributed by atoms with Crippen LogP contribution < -0.4 is 0 Å². The highest BCUT2D eigenvalue weighted by Crippen LogP contribution is 2.69. The number of benzene rings is 1. The number of aromatic nitrogens is 1. The highest BCUT2D eigenvalue weighted by Gasteiger charge is 2.66. The standard InChI is InChI=1S/C32H38N2O3/c1-30-10-8-24-15-23-4-5-25(34-18-27(35)28(36)19-34)16-31(23)11-12-32(24,37-31)29(30)7-6-26(30)21-3-2-20-9-13-33-17-22(20)14-21/h2-3,8-9,13-15,17,25-29,35-36H,4-7,10-12,16,18-19H2,1H3/t25-,26-,27-,28+,29-,30-,31?,32-/m1/s1.